The van der Waals surface area contributed by atoms with Gasteiger partial charge in [-0.25, -0.2) is 4.79 Å². The largest absolute Gasteiger partial charge is 0.478 e. The molecule has 0 bridgehead atoms. The molecule has 0 saturated carbocycles. The quantitative estimate of drug-likeness (QED) is 0.811. The van der Waals surface area contributed by atoms with Gasteiger partial charge in [-0.15, -0.1) is 0 Å². The Bertz CT molecular complexity index is 866. The van der Waals surface area contributed by atoms with Gasteiger partial charge in [0, 0.05) is 18.2 Å². The van der Waals surface area contributed by atoms with Gasteiger partial charge in [0.25, 0.3) is 11.1 Å². The molecule has 1 fully saturated rings. The van der Waals surface area contributed by atoms with Crippen molar-refractivity contribution >= 4 is 35.0 Å². The van der Waals surface area contributed by atoms with Crippen molar-refractivity contribution in [2.45, 2.75) is 13.3 Å². The van der Waals surface area contributed by atoms with E-state index in [0.29, 0.717) is 29.4 Å². The van der Waals surface area contributed by atoms with Crippen LogP contribution in [0.5, 0.6) is 0 Å². The van der Waals surface area contributed by atoms with Crippen LogP contribution < -0.4 is 0 Å². The Morgan fingerprint density at radius 2 is 1.92 bits per heavy atom. The smallest absolute Gasteiger partial charge is 0.335 e. The molecule has 128 valence electrons. The second kappa shape index (κ2) is 6.98. The van der Waals surface area contributed by atoms with Crippen LogP contribution in [0, 0.1) is 0 Å². The topological polar surface area (TPSA) is 87.8 Å². The van der Waals surface area contributed by atoms with Crippen LogP contribution in [0.1, 0.15) is 29.5 Å². The van der Waals surface area contributed by atoms with Crippen molar-refractivity contribution in [3.8, 4) is 11.3 Å². The maximum Gasteiger partial charge on any atom is 0.335 e. The van der Waals surface area contributed by atoms with Crippen molar-refractivity contribution < 1.29 is 23.9 Å². The molecule has 2 aromatic rings. The summed E-state index contributed by atoms with van der Waals surface area (Å²) in [6.07, 6.45) is 2.26. The number of carboxylic acid groups (broad SMARTS) is 1. The highest BCUT2D eigenvalue weighted by Gasteiger charge is 2.34. The van der Waals surface area contributed by atoms with Gasteiger partial charge in [0.2, 0.25) is 0 Å². The molecule has 1 N–H and O–H groups in total. The number of nitrogens with zero attached hydrogens (tertiary/aromatic N) is 1. The normalized spacial score (nSPS) is 16.0. The lowest BCUT2D eigenvalue weighted by molar-refractivity contribution is -0.122. The van der Waals surface area contributed by atoms with E-state index in [2.05, 4.69) is 0 Å². The van der Waals surface area contributed by atoms with E-state index in [-0.39, 0.29) is 16.7 Å². The lowest BCUT2D eigenvalue weighted by atomic mass is 10.1. The summed E-state index contributed by atoms with van der Waals surface area (Å²) in [5, 5.41) is 8.65. The van der Waals surface area contributed by atoms with Gasteiger partial charge in [-0.05, 0) is 42.4 Å². The molecule has 1 saturated heterocycles. The van der Waals surface area contributed by atoms with Crippen LogP contribution in [0.25, 0.3) is 17.4 Å². The average Bonchev–Trinajstić information content (AvgIpc) is 3.16. The van der Waals surface area contributed by atoms with Crippen molar-refractivity contribution in [1.82, 2.24) is 4.90 Å². The maximum absolute atomic E-state index is 12.2. The third-order valence-electron chi connectivity index (χ3n) is 3.64. The van der Waals surface area contributed by atoms with E-state index >= 15 is 0 Å². The molecule has 1 aromatic heterocycles. The molecule has 3 rings (SSSR count). The molecule has 1 aromatic carbocycles. The summed E-state index contributed by atoms with van der Waals surface area (Å²) in [6, 6.07) is 9.74. The molecule has 6 nitrogen and oxygen atoms in total. The number of carboxylic acids is 1. The van der Waals surface area contributed by atoms with Crippen molar-refractivity contribution in [2.75, 3.05) is 6.54 Å². The predicted molar refractivity (Wildman–Crippen MR) is 94.1 cm³/mol. The van der Waals surface area contributed by atoms with Gasteiger partial charge < -0.3 is 9.52 Å². The summed E-state index contributed by atoms with van der Waals surface area (Å²) in [5.41, 5.74) is 0.920. The molecule has 1 aliphatic rings. The number of aromatic carboxylic acids is 1. The number of hydrogen-bond donors (Lipinski definition) is 1. The molecule has 7 heteroatoms. The fraction of sp³-hybridized carbons (Fsp3) is 0.167. The summed E-state index contributed by atoms with van der Waals surface area (Å²) in [7, 11) is 0. The molecule has 2 heterocycles. The number of amides is 2. The minimum atomic E-state index is -0.991. The zero-order valence-corrected chi connectivity index (χ0v) is 14.2. The Morgan fingerprint density at radius 1 is 1.20 bits per heavy atom. The lowest BCUT2D eigenvalue weighted by Gasteiger charge is -2.09. The summed E-state index contributed by atoms with van der Waals surface area (Å²) in [4.78, 5) is 36.5. The Morgan fingerprint density at radius 3 is 2.56 bits per heavy atom. The van der Waals surface area contributed by atoms with Gasteiger partial charge >= 0.3 is 5.97 Å². The molecule has 0 aliphatic carbocycles. The van der Waals surface area contributed by atoms with E-state index in [1.54, 1.807) is 30.3 Å². The van der Waals surface area contributed by atoms with E-state index in [4.69, 9.17) is 9.52 Å². The number of carbonyl (C=O) groups excluding carboxylic acids is 2. The van der Waals surface area contributed by atoms with Gasteiger partial charge in [0.1, 0.15) is 11.5 Å². The van der Waals surface area contributed by atoms with Gasteiger partial charge in [-0.2, -0.15) is 0 Å². The van der Waals surface area contributed by atoms with Crippen LogP contribution in [0.4, 0.5) is 4.79 Å². The number of hydrogen-bond acceptors (Lipinski definition) is 5. The molecular weight excluding hydrogens is 342 g/mol. The van der Waals surface area contributed by atoms with Gasteiger partial charge in [-0.3, -0.25) is 14.5 Å². The summed E-state index contributed by atoms with van der Waals surface area (Å²) in [6.45, 7) is 2.31. The monoisotopic (exact) mass is 357 g/mol. The van der Waals surface area contributed by atoms with E-state index < -0.39 is 5.97 Å². The molecule has 0 spiro atoms. The van der Waals surface area contributed by atoms with E-state index in [1.807, 2.05) is 6.92 Å². The fourth-order valence-corrected chi connectivity index (χ4v) is 3.25. The highest BCUT2D eigenvalue weighted by Crippen LogP contribution is 2.33. The Balaban J connectivity index is 1.81. The fourth-order valence-electron chi connectivity index (χ4n) is 2.41. The van der Waals surface area contributed by atoms with Crippen LogP contribution in [0.15, 0.2) is 45.7 Å². The number of furan rings is 1. The first-order chi connectivity index (χ1) is 12.0. The highest BCUT2D eigenvalue weighted by molar-refractivity contribution is 8.18. The van der Waals surface area contributed by atoms with Crippen molar-refractivity contribution in [3.05, 3.63) is 52.6 Å². The van der Waals surface area contributed by atoms with Crippen LogP contribution in [0.2, 0.25) is 0 Å². The minimum Gasteiger partial charge on any atom is -0.478 e. The molecule has 0 radical (unpaired) electrons. The Hall–Kier alpha value is -2.80. The molecule has 1 aliphatic heterocycles. The summed E-state index contributed by atoms with van der Waals surface area (Å²) in [5.74, 6) is -0.287. The Labute approximate surface area is 148 Å². The second-order valence-electron chi connectivity index (χ2n) is 5.42. The van der Waals surface area contributed by atoms with Gasteiger partial charge in [0.05, 0.1) is 10.5 Å². The number of imide groups is 1. The van der Waals surface area contributed by atoms with Crippen LogP contribution in [-0.4, -0.2) is 33.7 Å². The minimum absolute atomic E-state index is 0.195. The first kappa shape index (κ1) is 17.0. The average molecular weight is 357 g/mol. The molecule has 25 heavy (non-hydrogen) atoms. The first-order valence-electron chi connectivity index (χ1n) is 7.68. The van der Waals surface area contributed by atoms with E-state index in [9.17, 15) is 14.4 Å². The number of rotatable bonds is 5. The standard InChI is InChI=1S/C18H15NO5S/c1-2-9-19-16(20)15(25-18(19)23)10-13-7-8-14(24-13)11-3-5-12(6-4-11)17(21)22/h3-8,10H,2,9H2,1H3,(H,21,22)/b15-10+. The van der Waals surface area contributed by atoms with Crippen LogP contribution >= 0.6 is 11.8 Å². The molecular formula is C18H15NO5S. The second-order valence-corrected chi connectivity index (χ2v) is 6.41. The first-order valence-corrected chi connectivity index (χ1v) is 8.50. The third-order valence-corrected chi connectivity index (χ3v) is 4.54. The maximum atomic E-state index is 12.2. The zero-order valence-electron chi connectivity index (χ0n) is 13.4. The van der Waals surface area contributed by atoms with E-state index in [1.165, 1.54) is 17.0 Å². The zero-order chi connectivity index (χ0) is 18.0. The van der Waals surface area contributed by atoms with Crippen LogP contribution in [0.3, 0.4) is 0 Å². The SMILES string of the molecule is CCCN1C(=O)S/C(=C/c2ccc(-c3ccc(C(=O)O)cc3)o2)C1=O. The van der Waals surface area contributed by atoms with Crippen molar-refractivity contribution in [2.24, 2.45) is 0 Å². The van der Waals surface area contributed by atoms with E-state index in [0.717, 1.165) is 17.3 Å². The van der Waals surface area contributed by atoms with Gasteiger partial charge in [0.15, 0.2) is 0 Å². The molecule has 0 atom stereocenters. The van der Waals surface area contributed by atoms with Crippen molar-refractivity contribution in [1.29, 1.82) is 0 Å². The number of thioether (sulfide) groups is 1. The summed E-state index contributed by atoms with van der Waals surface area (Å²) < 4.78 is 5.69. The number of benzene rings is 1. The highest BCUT2D eigenvalue weighted by atomic mass is 32.2. The lowest BCUT2D eigenvalue weighted by Crippen LogP contribution is -2.28. The van der Waals surface area contributed by atoms with Gasteiger partial charge in [-0.1, -0.05) is 19.1 Å². The Kier molecular flexibility index (Phi) is 4.76. The number of carbonyl (C=O) groups is 3. The third kappa shape index (κ3) is 3.51. The summed E-state index contributed by atoms with van der Waals surface area (Å²) >= 11 is 0.900. The van der Waals surface area contributed by atoms with Crippen LogP contribution in [-0.2, 0) is 4.79 Å². The molecule has 0 unspecified atom stereocenters. The van der Waals surface area contributed by atoms with Crippen molar-refractivity contribution in [3.63, 3.8) is 0 Å². The predicted octanol–water partition coefficient (Wildman–Crippen LogP) is 4.09. The molecule has 2 amide bonds.